The second-order valence-electron chi connectivity index (χ2n) is 8.96. The second-order valence-corrected chi connectivity index (χ2v) is 8.96. The van der Waals surface area contributed by atoms with Gasteiger partial charge in [-0.15, -0.1) is 0 Å². The number of rotatable bonds is 3. The lowest BCUT2D eigenvalue weighted by Crippen LogP contribution is -2.69. The molecule has 2 aliphatic heterocycles. The van der Waals surface area contributed by atoms with Crippen molar-refractivity contribution < 1.29 is 24.4 Å². The molecule has 1 saturated carbocycles. The van der Waals surface area contributed by atoms with E-state index < -0.39 is 51.8 Å². The first-order valence-corrected chi connectivity index (χ1v) is 10.6. The topological polar surface area (TPSA) is 125 Å². The van der Waals surface area contributed by atoms with Gasteiger partial charge in [0.15, 0.2) is 11.9 Å². The van der Waals surface area contributed by atoms with Crippen molar-refractivity contribution in [2.75, 3.05) is 6.61 Å². The summed E-state index contributed by atoms with van der Waals surface area (Å²) < 4.78 is 11.3. The van der Waals surface area contributed by atoms with Crippen molar-refractivity contribution in [1.82, 2.24) is 0 Å². The third-order valence-corrected chi connectivity index (χ3v) is 7.43. The van der Waals surface area contributed by atoms with Crippen LogP contribution in [0.25, 0.3) is 21.5 Å². The summed E-state index contributed by atoms with van der Waals surface area (Å²) in [5.41, 5.74) is -1.43. The summed E-state index contributed by atoms with van der Waals surface area (Å²) in [7, 11) is 0. The molecule has 3 fully saturated rings. The summed E-state index contributed by atoms with van der Waals surface area (Å²) in [5.74, 6) is -1.86. The van der Waals surface area contributed by atoms with Crippen LogP contribution >= 0.6 is 0 Å². The molecule has 7 atom stereocenters. The molecule has 32 heavy (non-hydrogen) atoms. The SMILES string of the molecule is O=[N+]([O-])[C@@H]1[C@H]2C[C@@](O)([C@H]3OC[C@H]2O3)[C@H]([N+](=O)[O-])[C@@H]1c1c2ccccc2cc2ccccc12. The van der Waals surface area contributed by atoms with E-state index in [9.17, 15) is 25.3 Å². The van der Waals surface area contributed by atoms with Crippen LogP contribution in [0.4, 0.5) is 0 Å². The van der Waals surface area contributed by atoms with Gasteiger partial charge in [-0.25, -0.2) is 0 Å². The summed E-state index contributed by atoms with van der Waals surface area (Å²) >= 11 is 0. The monoisotopic (exact) mass is 436 g/mol. The van der Waals surface area contributed by atoms with E-state index in [-0.39, 0.29) is 13.0 Å². The first kappa shape index (κ1) is 19.5. The highest BCUT2D eigenvalue weighted by Crippen LogP contribution is 2.55. The highest BCUT2D eigenvalue weighted by atomic mass is 16.7. The standard InChI is InChI=1S/C23H20N2O7/c26-23-10-16(17-11-31-22(23)32-17)20(24(27)28)19(21(23)25(29)30)18-14-7-3-1-5-12(14)9-13-6-2-4-8-15(13)18/h1-9,16-17,19-22,26H,10-11H2/t16-,17+,19+,20+,21+,22-,23-/m0/s1. The van der Waals surface area contributed by atoms with Crippen LogP contribution in [0, 0.1) is 26.1 Å². The van der Waals surface area contributed by atoms with Gasteiger partial charge < -0.3 is 14.6 Å². The predicted octanol–water partition coefficient (Wildman–Crippen LogP) is 2.87. The Morgan fingerprint density at radius 1 is 0.969 bits per heavy atom. The van der Waals surface area contributed by atoms with Crippen LogP contribution in [-0.4, -0.2) is 51.6 Å². The maximum absolute atomic E-state index is 12.5. The van der Waals surface area contributed by atoms with Crippen molar-refractivity contribution in [2.45, 2.75) is 42.4 Å². The number of nitrogens with zero attached hydrogens (tertiary/aromatic N) is 2. The number of ether oxygens (including phenoxy) is 2. The van der Waals surface area contributed by atoms with E-state index in [2.05, 4.69) is 0 Å². The van der Waals surface area contributed by atoms with Gasteiger partial charge >= 0.3 is 0 Å². The molecule has 4 bridgehead atoms. The minimum atomic E-state index is -1.96. The number of aliphatic hydroxyl groups is 1. The summed E-state index contributed by atoms with van der Waals surface area (Å²) in [4.78, 5) is 23.9. The Labute approximate surface area is 181 Å². The van der Waals surface area contributed by atoms with Crippen LogP contribution in [0.2, 0.25) is 0 Å². The second kappa shape index (κ2) is 6.68. The highest BCUT2D eigenvalue weighted by Gasteiger charge is 2.73. The minimum absolute atomic E-state index is 0.0788. The van der Waals surface area contributed by atoms with E-state index in [0.29, 0.717) is 16.3 Å². The van der Waals surface area contributed by atoms with Gasteiger partial charge in [0.2, 0.25) is 6.04 Å². The van der Waals surface area contributed by atoms with Gasteiger partial charge in [-0.05, 0) is 39.6 Å². The predicted molar refractivity (Wildman–Crippen MR) is 113 cm³/mol. The lowest BCUT2D eigenvalue weighted by molar-refractivity contribution is -0.607. The lowest BCUT2D eigenvalue weighted by Gasteiger charge is -2.49. The van der Waals surface area contributed by atoms with Gasteiger partial charge in [-0.1, -0.05) is 48.5 Å². The van der Waals surface area contributed by atoms with Crippen molar-refractivity contribution in [1.29, 1.82) is 0 Å². The molecule has 0 aromatic heterocycles. The van der Waals surface area contributed by atoms with E-state index in [4.69, 9.17) is 9.47 Å². The highest BCUT2D eigenvalue weighted by molar-refractivity contribution is 6.02. The first-order chi connectivity index (χ1) is 15.4. The Morgan fingerprint density at radius 2 is 1.59 bits per heavy atom. The average molecular weight is 436 g/mol. The first-order valence-electron chi connectivity index (χ1n) is 10.6. The molecule has 9 heteroatoms. The van der Waals surface area contributed by atoms with Crippen LogP contribution in [0.3, 0.4) is 0 Å². The fraction of sp³-hybridized carbons (Fsp3) is 0.391. The van der Waals surface area contributed by atoms with E-state index in [1.54, 1.807) is 0 Å². The molecule has 2 heterocycles. The van der Waals surface area contributed by atoms with Crippen LogP contribution in [-0.2, 0) is 9.47 Å². The van der Waals surface area contributed by atoms with Gasteiger partial charge in [0.05, 0.1) is 18.6 Å². The molecule has 3 aliphatic rings. The molecule has 1 aliphatic carbocycles. The maximum atomic E-state index is 12.5. The Kier molecular flexibility index (Phi) is 4.08. The molecule has 6 rings (SSSR count). The lowest BCUT2D eigenvalue weighted by atomic mass is 9.60. The molecule has 164 valence electrons. The van der Waals surface area contributed by atoms with Crippen molar-refractivity contribution in [3.05, 3.63) is 80.4 Å². The number of hydrogen-bond acceptors (Lipinski definition) is 7. The van der Waals surface area contributed by atoms with Gasteiger partial charge in [0.1, 0.15) is 5.92 Å². The molecule has 0 unspecified atom stereocenters. The number of benzene rings is 3. The fourth-order valence-corrected chi connectivity index (χ4v) is 6.21. The van der Waals surface area contributed by atoms with E-state index >= 15 is 0 Å². The minimum Gasteiger partial charge on any atom is -0.378 e. The van der Waals surface area contributed by atoms with Gasteiger partial charge in [0.25, 0.3) is 6.04 Å². The Hall–Kier alpha value is -3.14. The summed E-state index contributed by atoms with van der Waals surface area (Å²) in [6, 6.07) is 13.8. The van der Waals surface area contributed by atoms with E-state index in [1.807, 2.05) is 54.6 Å². The van der Waals surface area contributed by atoms with Crippen LogP contribution in [0.5, 0.6) is 0 Å². The zero-order valence-corrected chi connectivity index (χ0v) is 16.9. The van der Waals surface area contributed by atoms with Crippen molar-refractivity contribution in [2.24, 2.45) is 5.92 Å². The number of hydrogen-bond donors (Lipinski definition) is 1. The molecule has 3 aromatic carbocycles. The third kappa shape index (κ3) is 2.49. The van der Waals surface area contributed by atoms with Crippen molar-refractivity contribution >= 4 is 21.5 Å². The summed E-state index contributed by atoms with van der Waals surface area (Å²) in [6.07, 6.45) is -1.85. The molecular weight excluding hydrogens is 416 g/mol. The Morgan fingerprint density at radius 3 is 2.19 bits per heavy atom. The molecule has 2 saturated heterocycles. The quantitative estimate of drug-likeness (QED) is 0.380. The normalized spacial score (nSPS) is 35.8. The van der Waals surface area contributed by atoms with Gasteiger partial charge in [-0.2, -0.15) is 0 Å². The number of fused-ring (bicyclic) bond motifs is 8. The Balaban J connectivity index is 1.71. The zero-order valence-electron chi connectivity index (χ0n) is 16.9. The number of nitro groups is 2. The molecule has 1 N–H and O–H groups in total. The molecule has 9 nitrogen and oxygen atoms in total. The largest absolute Gasteiger partial charge is 0.378 e. The molecule has 0 spiro atoms. The van der Waals surface area contributed by atoms with Crippen LogP contribution in [0.15, 0.2) is 54.6 Å². The average Bonchev–Trinajstić information content (AvgIpc) is 3.23. The van der Waals surface area contributed by atoms with E-state index in [0.717, 1.165) is 10.8 Å². The molecular formula is C23H20N2O7. The van der Waals surface area contributed by atoms with Crippen molar-refractivity contribution in [3.63, 3.8) is 0 Å². The molecule has 0 radical (unpaired) electrons. The van der Waals surface area contributed by atoms with E-state index in [1.165, 1.54) is 0 Å². The van der Waals surface area contributed by atoms with Crippen LogP contribution < -0.4 is 0 Å². The van der Waals surface area contributed by atoms with Crippen molar-refractivity contribution in [3.8, 4) is 0 Å². The smallest absolute Gasteiger partial charge is 0.259 e. The van der Waals surface area contributed by atoms with Gasteiger partial charge in [0, 0.05) is 9.85 Å². The summed E-state index contributed by atoms with van der Waals surface area (Å²) in [6.45, 7) is 0.0788. The molecule has 0 amide bonds. The van der Waals surface area contributed by atoms with Crippen LogP contribution in [0.1, 0.15) is 17.9 Å². The third-order valence-electron chi connectivity index (χ3n) is 7.43. The zero-order chi connectivity index (χ0) is 22.2. The Bertz CT molecular complexity index is 1230. The fourth-order valence-electron chi connectivity index (χ4n) is 6.21. The van der Waals surface area contributed by atoms with Gasteiger partial charge in [-0.3, -0.25) is 20.2 Å². The maximum Gasteiger partial charge on any atom is 0.259 e. The summed E-state index contributed by atoms with van der Waals surface area (Å²) in [5, 5.41) is 39.6. The molecule has 3 aromatic rings.